The van der Waals surface area contributed by atoms with Crippen molar-refractivity contribution in [3.8, 4) is 22.6 Å². The topological polar surface area (TPSA) is 123 Å². The lowest BCUT2D eigenvalue weighted by atomic mass is 10.0. The first-order valence-electron chi connectivity index (χ1n) is 9.93. The van der Waals surface area contributed by atoms with Gasteiger partial charge in [-0.2, -0.15) is 0 Å². The van der Waals surface area contributed by atoms with Crippen molar-refractivity contribution in [2.24, 2.45) is 0 Å². The monoisotopic (exact) mass is 416 g/mol. The molecule has 2 aromatic carbocycles. The molecule has 0 bridgehead atoms. The van der Waals surface area contributed by atoms with Gasteiger partial charge in [-0.25, -0.2) is 9.59 Å². The van der Waals surface area contributed by atoms with E-state index in [1.54, 1.807) is 36.4 Å². The van der Waals surface area contributed by atoms with E-state index < -0.39 is 12.3 Å². The number of hydrogen-bond donors (Lipinski definition) is 2. The summed E-state index contributed by atoms with van der Waals surface area (Å²) in [4.78, 5) is 23.7. The van der Waals surface area contributed by atoms with Gasteiger partial charge in [-0.3, -0.25) is 0 Å². The lowest BCUT2D eigenvalue weighted by Gasteiger charge is -2.12. The molecule has 0 aliphatic heterocycles. The van der Waals surface area contributed by atoms with Crippen molar-refractivity contribution in [1.82, 2.24) is 0 Å². The Morgan fingerprint density at radius 3 is 1.50 bits per heavy atom. The number of hydrogen-bond acceptors (Lipinski definition) is 8. The van der Waals surface area contributed by atoms with Crippen LogP contribution < -0.4 is 20.9 Å². The number of nitrogens with two attached hydrogens (primary N) is 2. The van der Waals surface area contributed by atoms with Crippen molar-refractivity contribution in [3.05, 3.63) is 36.4 Å². The summed E-state index contributed by atoms with van der Waals surface area (Å²) in [6.45, 7) is 4.54. The summed E-state index contributed by atoms with van der Waals surface area (Å²) in [7, 11) is 0. The molecule has 30 heavy (non-hydrogen) atoms. The van der Waals surface area contributed by atoms with Crippen LogP contribution in [0.4, 0.5) is 21.0 Å². The Morgan fingerprint density at radius 2 is 1.13 bits per heavy atom. The Kier molecular flexibility index (Phi) is 8.80. The summed E-state index contributed by atoms with van der Waals surface area (Å²) in [5.74, 6) is 0.347. The molecule has 162 valence electrons. The van der Waals surface area contributed by atoms with Gasteiger partial charge in [0.15, 0.2) is 11.5 Å². The van der Waals surface area contributed by atoms with Crippen LogP contribution in [0.3, 0.4) is 0 Å². The van der Waals surface area contributed by atoms with E-state index in [1.807, 2.05) is 13.8 Å². The first kappa shape index (κ1) is 22.9. The van der Waals surface area contributed by atoms with E-state index in [0.29, 0.717) is 11.1 Å². The third-order valence-electron chi connectivity index (χ3n) is 4.18. The molecule has 0 radical (unpaired) electrons. The van der Waals surface area contributed by atoms with E-state index in [4.69, 9.17) is 30.4 Å². The van der Waals surface area contributed by atoms with Crippen LogP contribution in [0, 0.1) is 0 Å². The molecule has 0 aromatic heterocycles. The van der Waals surface area contributed by atoms with Crippen LogP contribution >= 0.6 is 0 Å². The number of benzene rings is 2. The van der Waals surface area contributed by atoms with Gasteiger partial charge in [0.2, 0.25) is 0 Å². The second kappa shape index (κ2) is 11.5. The van der Waals surface area contributed by atoms with E-state index in [-0.39, 0.29) is 36.1 Å². The summed E-state index contributed by atoms with van der Waals surface area (Å²) >= 11 is 0. The summed E-state index contributed by atoms with van der Waals surface area (Å²) in [5.41, 5.74) is 13.8. The van der Waals surface area contributed by atoms with Gasteiger partial charge in [-0.15, -0.1) is 0 Å². The number of carbonyl (C=O) groups excluding carboxylic acids is 2. The highest BCUT2D eigenvalue weighted by molar-refractivity contribution is 5.77. The largest absolute Gasteiger partial charge is 0.513 e. The molecule has 4 N–H and O–H groups in total. The third-order valence-corrected chi connectivity index (χ3v) is 4.18. The van der Waals surface area contributed by atoms with Crippen LogP contribution in [0.5, 0.6) is 11.5 Å². The maximum Gasteiger partial charge on any atom is 0.513 e. The molecule has 2 aromatic rings. The number of anilines is 2. The Hall–Kier alpha value is -3.42. The van der Waals surface area contributed by atoms with Crippen molar-refractivity contribution in [3.63, 3.8) is 0 Å². The maximum absolute atomic E-state index is 11.8. The molecule has 8 heteroatoms. The zero-order chi connectivity index (χ0) is 21.9. The maximum atomic E-state index is 11.8. The van der Waals surface area contributed by atoms with Gasteiger partial charge in [0.25, 0.3) is 0 Å². The summed E-state index contributed by atoms with van der Waals surface area (Å²) in [5, 5.41) is 0. The molecule has 0 spiro atoms. The standard InChI is InChI=1S/C22H28N2O6/c1-3-5-11-27-21(25)29-19-13-15(7-9-17(19)23)16-8-10-18(24)20(14-16)30-22(26)28-12-6-4-2/h7-10,13-14H,3-6,11-12,23-24H2,1-2H3. The van der Waals surface area contributed by atoms with Crippen molar-refractivity contribution in [2.45, 2.75) is 39.5 Å². The predicted molar refractivity (Wildman–Crippen MR) is 114 cm³/mol. The highest BCUT2D eigenvalue weighted by atomic mass is 16.7. The Balaban J connectivity index is 2.15. The molecule has 0 amide bonds. The zero-order valence-electron chi connectivity index (χ0n) is 17.3. The molecule has 0 saturated carbocycles. The average molecular weight is 416 g/mol. The Bertz CT molecular complexity index is 797. The van der Waals surface area contributed by atoms with Crippen LogP contribution in [0.2, 0.25) is 0 Å². The second-order valence-corrected chi connectivity index (χ2v) is 6.61. The minimum absolute atomic E-state index is 0.173. The van der Waals surface area contributed by atoms with Crippen LogP contribution in [0.1, 0.15) is 39.5 Å². The molecule has 0 aliphatic carbocycles. The van der Waals surface area contributed by atoms with Gasteiger partial charge in [0, 0.05) is 0 Å². The minimum atomic E-state index is -0.816. The van der Waals surface area contributed by atoms with Gasteiger partial charge in [-0.1, -0.05) is 38.8 Å². The van der Waals surface area contributed by atoms with E-state index in [2.05, 4.69) is 0 Å². The molecular formula is C22H28N2O6. The molecule has 0 atom stereocenters. The average Bonchev–Trinajstić information content (AvgIpc) is 2.72. The van der Waals surface area contributed by atoms with E-state index in [0.717, 1.165) is 25.7 Å². The van der Waals surface area contributed by atoms with Crippen molar-refractivity contribution >= 4 is 23.7 Å². The summed E-state index contributed by atoms with van der Waals surface area (Å²) < 4.78 is 20.4. The molecule has 8 nitrogen and oxygen atoms in total. The van der Waals surface area contributed by atoms with Gasteiger partial charge in [0.05, 0.1) is 24.6 Å². The van der Waals surface area contributed by atoms with Gasteiger partial charge in [0.1, 0.15) is 0 Å². The lowest BCUT2D eigenvalue weighted by molar-refractivity contribution is 0.0970. The third kappa shape index (κ3) is 6.88. The second-order valence-electron chi connectivity index (χ2n) is 6.61. The highest BCUT2D eigenvalue weighted by Gasteiger charge is 2.14. The van der Waals surface area contributed by atoms with Crippen molar-refractivity contribution < 1.29 is 28.5 Å². The molecular weight excluding hydrogens is 388 g/mol. The smallest absolute Gasteiger partial charge is 0.434 e. The SMILES string of the molecule is CCCCOC(=O)Oc1cc(-c2ccc(N)c(OC(=O)OCCCC)c2)ccc1N. The van der Waals surface area contributed by atoms with Crippen molar-refractivity contribution in [2.75, 3.05) is 24.7 Å². The number of carbonyl (C=O) groups is 2. The lowest BCUT2D eigenvalue weighted by Crippen LogP contribution is -2.12. The Labute approximate surface area is 176 Å². The molecule has 0 unspecified atom stereocenters. The fourth-order valence-corrected chi connectivity index (χ4v) is 2.44. The predicted octanol–water partition coefficient (Wildman–Crippen LogP) is 5.15. The Morgan fingerprint density at radius 1 is 0.733 bits per heavy atom. The number of nitrogen functional groups attached to an aromatic ring is 2. The van der Waals surface area contributed by atoms with Gasteiger partial charge < -0.3 is 30.4 Å². The number of ether oxygens (including phenoxy) is 4. The molecule has 0 aliphatic rings. The fraction of sp³-hybridized carbons (Fsp3) is 0.364. The molecule has 2 rings (SSSR count). The van der Waals surface area contributed by atoms with E-state index >= 15 is 0 Å². The molecule has 0 fully saturated rings. The van der Waals surface area contributed by atoms with E-state index in [9.17, 15) is 9.59 Å². The molecule has 0 heterocycles. The molecule has 0 saturated heterocycles. The van der Waals surface area contributed by atoms with Crippen LogP contribution in [-0.2, 0) is 9.47 Å². The summed E-state index contributed by atoms with van der Waals surface area (Å²) in [6.07, 6.45) is 1.67. The first-order chi connectivity index (χ1) is 14.4. The first-order valence-corrected chi connectivity index (χ1v) is 9.93. The zero-order valence-corrected chi connectivity index (χ0v) is 17.3. The van der Waals surface area contributed by atoms with Crippen LogP contribution in [-0.4, -0.2) is 25.5 Å². The highest BCUT2D eigenvalue weighted by Crippen LogP contribution is 2.33. The quantitative estimate of drug-likeness (QED) is 0.249. The van der Waals surface area contributed by atoms with Crippen LogP contribution in [0.25, 0.3) is 11.1 Å². The summed E-state index contributed by atoms with van der Waals surface area (Å²) in [6, 6.07) is 9.93. The van der Waals surface area contributed by atoms with E-state index in [1.165, 1.54) is 0 Å². The number of unbranched alkanes of at least 4 members (excludes halogenated alkanes) is 2. The minimum Gasteiger partial charge on any atom is -0.434 e. The van der Waals surface area contributed by atoms with Gasteiger partial charge >= 0.3 is 12.3 Å². The fourth-order valence-electron chi connectivity index (χ4n) is 2.44. The van der Waals surface area contributed by atoms with Gasteiger partial charge in [-0.05, 0) is 48.2 Å². The number of rotatable bonds is 9. The van der Waals surface area contributed by atoms with Crippen molar-refractivity contribution in [1.29, 1.82) is 0 Å². The van der Waals surface area contributed by atoms with Crippen LogP contribution in [0.15, 0.2) is 36.4 Å². The normalized spacial score (nSPS) is 10.3.